The average molecular weight is 366 g/mol. The van der Waals surface area contributed by atoms with Gasteiger partial charge in [-0.2, -0.15) is 9.71 Å². The van der Waals surface area contributed by atoms with Gasteiger partial charge in [-0.3, -0.25) is 4.79 Å². The molecule has 1 heterocycles. The van der Waals surface area contributed by atoms with Gasteiger partial charge in [0.05, 0.1) is 10.9 Å². The predicted molar refractivity (Wildman–Crippen MR) is 91.5 cm³/mol. The zero-order valence-electron chi connectivity index (χ0n) is 14.4. The van der Waals surface area contributed by atoms with Crippen LogP contribution < -0.4 is 10.0 Å². The number of aryl methyl sites for hydroxylation is 1. The fraction of sp³-hybridized carbons (Fsp3) is 0.438. The summed E-state index contributed by atoms with van der Waals surface area (Å²) in [5.41, 5.74) is 0.287. The summed E-state index contributed by atoms with van der Waals surface area (Å²) in [6.07, 6.45) is 1.39. The minimum Gasteiger partial charge on any atom is -0.352 e. The van der Waals surface area contributed by atoms with E-state index in [0.29, 0.717) is 18.8 Å². The van der Waals surface area contributed by atoms with Gasteiger partial charge in [-0.25, -0.2) is 8.42 Å². The van der Waals surface area contributed by atoms with Crippen LogP contribution >= 0.6 is 0 Å². The highest BCUT2D eigenvalue weighted by Crippen LogP contribution is 2.17. The van der Waals surface area contributed by atoms with Gasteiger partial charge < -0.3 is 9.84 Å². The highest BCUT2D eigenvalue weighted by atomic mass is 32.2. The maximum absolute atomic E-state index is 12.5. The van der Waals surface area contributed by atoms with Crippen LogP contribution in [0.15, 0.2) is 33.7 Å². The quantitative estimate of drug-likeness (QED) is 0.736. The van der Waals surface area contributed by atoms with Crippen LogP contribution in [-0.4, -0.2) is 31.0 Å². The molecule has 2 rings (SSSR count). The van der Waals surface area contributed by atoms with E-state index in [1.165, 1.54) is 18.2 Å². The van der Waals surface area contributed by atoms with Gasteiger partial charge in [0.15, 0.2) is 5.82 Å². The van der Waals surface area contributed by atoms with Crippen LogP contribution in [0.4, 0.5) is 0 Å². The molecular formula is C16H22N4O4S. The number of aromatic nitrogens is 2. The van der Waals surface area contributed by atoms with Gasteiger partial charge in [0, 0.05) is 18.5 Å². The summed E-state index contributed by atoms with van der Waals surface area (Å²) in [6, 6.07) is 5.18. The van der Waals surface area contributed by atoms with Crippen molar-refractivity contribution < 1.29 is 17.7 Å². The van der Waals surface area contributed by atoms with E-state index < -0.39 is 16.1 Å². The van der Waals surface area contributed by atoms with Crippen molar-refractivity contribution >= 4 is 15.9 Å². The zero-order valence-corrected chi connectivity index (χ0v) is 15.3. The van der Waals surface area contributed by atoms with Crippen LogP contribution in [0.1, 0.15) is 55.3 Å². The van der Waals surface area contributed by atoms with Gasteiger partial charge in [-0.05, 0) is 31.5 Å². The fourth-order valence-corrected chi connectivity index (χ4v) is 3.33. The second-order valence-corrected chi connectivity index (χ2v) is 7.24. The van der Waals surface area contributed by atoms with Gasteiger partial charge in [0.25, 0.3) is 5.91 Å². The van der Waals surface area contributed by atoms with Gasteiger partial charge in [0.1, 0.15) is 0 Å². The Morgan fingerprint density at radius 2 is 2.08 bits per heavy atom. The number of carbonyl (C=O) groups is 1. The number of nitrogens with one attached hydrogen (secondary N) is 2. The first-order valence-corrected chi connectivity index (χ1v) is 9.58. The summed E-state index contributed by atoms with van der Waals surface area (Å²) in [4.78, 5) is 16.1. The van der Waals surface area contributed by atoms with Gasteiger partial charge in [-0.15, -0.1) is 0 Å². The zero-order chi connectivity index (χ0) is 18.4. The Morgan fingerprint density at radius 3 is 2.72 bits per heavy atom. The Hall–Kier alpha value is -2.26. The molecule has 136 valence electrons. The van der Waals surface area contributed by atoms with E-state index in [0.717, 1.165) is 6.42 Å². The number of carbonyl (C=O) groups excluding carboxylic acids is 1. The van der Waals surface area contributed by atoms with E-state index in [2.05, 4.69) is 20.2 Å². The Labute approximate surface area is 147 Å². The minimum absolute atomic E-state index is 0.00118. The van der Waals surface area contributed by atoms with E-state index in [4.69, 9.17) is 4.52 Å². The molecule has 0 saturated carbocycles. The highest BCUT2D eigenvalue weighted by molar-refractivity contribution is 7.89. The molecule has 0 spiro atoms. The van der Waals surface area contributed by atoms with Crippen molar-refractivity contribution in [3.05, 3.63) is 41.5 Å². The standard InChI is InChI=1S/C16H22N4O4S/c1-4-9-17-15(21)12-7-6-8-13(10-12)25(22,23)20-11(3)16-18-14(5-2)19-24-16/h6-8,10-11,20H,4-5,9H2,1-3H3,(H,17,21)/t11-/m0/s1. The van der Waals surface area contributed by atoms with E-state index in [1.54, 1.807) is 13.0 Å². The molecule has 0 fully saturated rings. The number of hydrogen-bond acceptors (Lipinski definition) is 6. The van der Waals surface area contributed by atoms with Crippen LogP contribution in [0.25, 0.3) is 0 Å². The van der Waals surface area contributed by atoms with E-state index >= 15 is 0 Å². The molecule has 0 aliphatic carbocycles. The topological polar surface area (TPSA) is 114 Å². The Morgan fingerprint density at radius 1 is 1.32 bits per heavy atom. The lowest BCUT2D eigenvalue weighted by atomic mass is 10.2. The summed E-state index contributed by atoms with van der Waals surface area (Å²) in [6.45, 7) is 5.96. The molecule has 0 aliphatic heterocycles. The number of benzene rings is 1. The van der Waals surface area contributed by atoms with Crippen molar-refractivity contribution in [1.29, 1.82) is 0 Å². The van der Waals surface area contributed by atoms with Gasteiger partial charge in [-0.1, -0.05) is 25.1 Å². The largest absolute Gasteiger partial charge is 0.352 e. The fourth-order valence-electron chi connectivity index (χ4n) is 2.08. The SMILES string of the molecule is CCCNC(=O)c1cccc(S(=O)(=O)N[C@@H](C)c2nc(CC)no2)c1. The molecule has 0 unspecified atom stereocenters. The number of hydrogen-bond donors (Lipinski definition) is 2. The van der Waals surface area contributed by atoms with Crippen molar-refractivity contribution in [2.24, 2.45) is 0 Å². The molecule has 0 bridgehead atoms. The lowest BCUT2D eigenvalue weighted by molar-refractivity contribution is 0.0953. The summed E-state index contributed by atoms with van der Waals surface area (Å²) in [7, 11) is -3.84. The lowest BCUT2D eigenvalue weighted by Gasteiger charge is -2.11. The van der Waals surface area contributed by atoms with Crippen LogP contribution in [0, 0.1) is 0 Å². The first-order valence-electron chi connectivity index (χ1n) is 8.10. The molecule has 2 aromatic rings. The highest BCUT2D eigenvalue weighted by Gasteiger charge is 2.23. The molecule has 0 saturated heterocycles. The van der Waals surface area contributed by atoms with Gasteiger partial charge >= 0.3 is 0 Å². The third kappa shape index (κ3) is 4.86. The van der Waals surface area contributed by atoms with Crippen molar-refractivity contribution in [2.75, 3.05) is 6.54 Å². The van der Waals surface area contributed by atoms with E-state index in [-0.39, 0.29) is 22.3 Å². The van der Waals surface area contributed by atoms with E-state index in [9.17, 15) is 13.2 Å². The van der Waals surface area contributed by atoms with Crippen molar-refractivity contribution in [1.82, 2.24) is 20.2 Å². The molecule has 25 heavy (non-hydrogen) atoms. The molecule has 1 atom stereocenters. The molecule has 9 heteroatoms. The van der Waals surface area contributed by atoms with E-state index in [1.807, 2.05) is 13.8 Å². The van der Waals surface area contributed by atoms with Crippen LogP contribution in [0.2, 0.25) is 0 Å². The molecular weight excluding hydrogens is 344 g/mol. The Bertz CT molecular complexity index is 832. The molecule has 0 radical (unpaired) electrons. The maximum atomic E-state index is 12.5. The van der Waals surface area contributed by atoms with Gasteiger partial charge in [0.2, 0.25) is 15.9 Å². The number of rotatable bonds is 8. The average Bonchev–Trinajstić information content (AvgIpc) is 3.09. The van der Waals surface area contributed by atoms with Crippen LogP contribution in [0.3, 0.4) is 0 Å². The third-order valence-corrected chi connectivity index (χ3v) is 4.98. The molecule has 2 N–H and O–H groups in total. The lowest BCUT2D eigenvalue weighted by Crippen LogP contribution is -2.28. The summed E-state index contributed by atoms with van der Waals surface area (Å²) in [5.74, 6) is 0.393. The summed E-state index contributed by atoms with van der Waals surface area (Å²) < 4.78 is 32.6. The molecule has 0 aliphatic rings. The second kappa shape index (κ2) is 8.21. The predicted octanol–water partition coefficient (Wildman–Crippen LogP) is 1.81. The maximum Gasteiger partial charge on any atom is 0.251 e. The Balaban J connectivity index is 2.17. The summed E-state index contributed by atoms with van der Waals surface area (Å²) in [5, 5.41) is 6.47. The monoisotopic (exact) mass is 366 g/mol. The number of sulfonamides is 1. The first-order chi connectivity index (χ1) is 11.9. The van der Waals surface area contributed by atoms with Crippen molar-refractivity contribution in [3.8, 4) is 0 Å². The first kappa shape index (κ1) is 19.1. The number of nitrogens with zero attached hydrogens (tertiary/aromatic N) is 2. The van der Waals surface area contributed by atoms with Crippen LogP contribution in [-0.2, 0) is 16.4 Å². The van der Waals surface area contributed by atoms with Crippen LogP contribution in [0.5, 0.6) is 0 Å². The Kier molecular flexibility index (Phi) is 6.27. The van der Waals surface area contributed by atoms with Crippen molar-refractivity contribution in [3.63, 3.8) is 0 Å². The molecule has 1 aromatic heterocycles. The second-order valence-electron chi connectivity index (χ2n) is 5.53. The third-order valence-electron chi connectivity index (χ3n) is 3.44. The smallest absolute Gasteiger partial charge is 0.251 e. The molecule has 1 amide bonds. The summed E-state index contributed by atoms with van der Waals surface area (Å²) >= 11 is 0. The normalized spacial score (nSPS) is 12.8. The number of amides is 1. The molecule has 1 aromatic carbocycles. The van der Waals surface area contributed by atoms with Crippen molar-refractivity contribution in [2.45, 2.75) is 44.6 Å². The molecule has 8 nitrogen and oxygen atoms in total. The minimum atomic E-state index is -3.84.